The van der Waals surface area contributed by atoms with E-state index in [0.717, 1.165) is 41.6 Å². The number of nitrogens with two attached hydrogens (primary N) is 1. The van der Waals surface area contributed by atoms with Crippen molar-refractivity contribution < 1.29 is 19.8 Å². The fourth-order valence-corrected chi connectivity index (χ4v) is 3.02. The smallest absolute Gasteiger partial charge is 0.300 e. The molecule has 3 aromatic heterocycles. The molecule has 0 saturated carbocycles. The lowest BCUT2D eigenvalue weighted by atomic mass is 10.1. The summed E-state index contributed by atoms with van der Waals surface area (Å²) in [5.41, 5.74) is 9.82. The Hall–Kier alpha value is -3.99. The number of aliphatic carboxylic acids is 2. The molecule has 0 radical (unpaired) electrons. The van der Waals surface area contributed by atoms with Crippen molar-refractivity contribution in [2.75, 3.05) is 11.1 Å². The van der Waals surface area contributed by atoms with Gasteiger partial charge in [0.15, 0.2) is 0 Å². The van der Waals surface area contributed by atoms with Crippen LogP contribution in [0.25, 0.3) is 22.0 Å². The second-order valence-electron chi connectivity index (χ2n) is 5.83. The highest BCUT2D eigenvalue weighted by atomic mass is 32.1. The molecule has 0 aliphatic carbocycles. The van der Waals surface area contributed by atoms with Crippen molar-refractivity contribution >= 4 is 51.6 Å². The predicted molar refractivity (Wildman–Crippen MR) is 116 cm³/mol. The molecule has 0 aliphatic heterocycles. The molecule has 1 aromatic carbocycles. The maximum Gasteiger partial charge on any atom is 0.300 e. The Labute approximate surface area is 175 Å². The topological polar surface area (TPSA) is 167 Å². The maximum absolute atomic E-state index is 9.00. The van der Waals surface area contributed by atoms with Crippen LogP contribution in [0.1, 0.15) is 13.8 Å². The van der Waals surface area contributed by atoms with E-state index in [1.54, 1.807) is 23.6 Å². The number of nitrogens with zero attached hydrogens (tertiary/aromatic N) is 3. The highest BCUT2D eigenvalue weighted by molar-refractivity contribution is 7.08. The normalized spacial score (nSPS) is 9.67. The number of benzene rings is 1. The van der Waals surface area contributed by atoms with Crippen LogP contribution >= 0.6 is 11.3 Å². The van der Waals surface area contributed by atoms with Crippen molar-refractivity contribution in [3.63, 3.8) is 0 Å². The molecule has 0 saturated heterocycles. The van der Waals surface area contributed by atoms with Crippen molar-refractivity contribution in [3.8, 4) is 11.1 Å². The van der Waals surface area contributed by atoms with E-state index in [2.05, 4.69) is 48.4 Å². The first-order valence-electron chi connectivity index (χ1n) is 8.50. The summed E-state index contributed by atoms with van der Waals surface area (Å²) in [5, 5.41) is 30.5. The highest BCUT2D eigenvalue weighted by Crippen LogP contribution is 2.32. The van der Waals surface area contributed by atoms with Gasteiger partial charge in [-0.2, -0.15) is 21.4 Å². The second-order valence-corrected chi connectivity index (χ2v) is 6.61. The second kappa shape index (κ2) is 10.5. The SMILES string of the molecule is CC(=O)O.CC(=O)O.Nc1nccc(Nc2cc(-c3ccsc3)c3[nH]ncc3c2)n1. The van der Waals surface area contributed by atoms with Gasteiger partial charge < -0.3 is 21.3 Å². The molecule has 0 amide bonds. The number of aromatic amines is 1. The van der Waals surface area contributed by atoms with Gasteiger partial charge in [0.1, 0.15) is 5.82 Å². The summed E-state index contributed by atoms with van der Waals surface area (Å²) in [7, 11) is 0. The summed E-state index contributed by atoms with van der Waals surface area (Å²) in [6.45, 7) is 2.17. The van der Waals surface area contributed by atoms with E-state index in [0.29, 0.717) is 5.82 Å². The van der Waals surface area contributed by atoms with Gasteiger partial charge in [-0.3, -0.25) is 14.7 Å². The Morgan fingerprint density at radius 2 is 1.87 bits per heavy atom. The first kappa shape index (κ1) is 22.3. The zero-order valence-corrected chi connectivity index (χ0v) is 17.0. The molecule has 30 heavy (non-hydrogen) atoms. The Morgan fingerprint density at radius 1 is 1.17 bits per heavy atom. The number of rotatable bonds is 3. The summed E-state index contributed by atoms with van der Waals surface area (Å²) >= 11 is 1.67. The number of carbonyl (C=O) groups is 2. The monoisotopic (exact) mass is 428 g/mol. The number of H-pyrrole nitrogens is 1. The van der Waals surface area contributed by atoms with Crippen LogP contribution in [-0.4, -0.2) is 42.3 Å². The van der Waals surface area contributed by atoms with Crippen LogP contribution in [0.15, 0.2) is 47.4 Å². The Kier molecular flexibility index (Phi) is 7.82. The van der Waals surface area contributed by atoms with Crippen molar-refractivity contribution in [1.82, 2.24) is 20.2 Å². The molecular formula is C19H20N6O4S. The number of carboxylic acids is 2. The van der Waals surface area contributed by atoms with Crippen LogP contribution in [0, 0.1) is 0 Å². The zero-order chi connectivity index (χ0) is 22.1. The molecule has 6 N–H and O–H groups in total. The fraction of sp³-hybridized carbons (Fsp3) is 0.105. The summed E-state index contributed by atoms with van der Waals surface area (Å²) in [6, 6.07) is 7.96. The average Bonchev–Trinajstić information content (AvgIpc) is 3.32. The molecule has 3 heterocycles. The summed E-state index contributed by atoms with van der Waals surface area (Å²) in [5.74, 6) is -0.765. The Balaban J connectivity index is 0.000000347. The number of anilines is 3. The number of hydrogen-bond acceptors (Lipinski definition) is 8. The molecule has 4 aromatic rings. The van der Waals surface area contributed by atoms with Gasteiger partial charge in [-0.15, -0.1) is 0 Å². The Bertz CT molecular complexity index is 1110. The molecule has 0 bridgehead atoms. The number of fused-ring (bicyclic) bond motifs is 1. The summed E-state index contributed by atoms with van der Waals surface area (Å²) in [6.07, 6.45) is 3.44. The lowest BCUT2D eigenvalue weighted by Crippen LogP contribution is -1.99. The van der Waals surface area contributed by atoms with E-state index >= 15 is 0 Å². The molecule has 0 spiro atoms. The molecule has 156 valence electrons. The minimum Gasteiger partial charge on any atom is -0.481 e. The quantitative estimate of drug-likeness (QED) is 0.327. The number of thiophene rings is 1. The van der Waals surface area contributed by atoms with Gasteiger partial charge in [-0.1, -0.05) is 0 Å². The third-order valence-electron chi connectivity index (χ3n) is 3.33. The largest absolute Gasteiger partial charge is 0.481 e. The van der Waals surface area contributed by atoms with Gasteiger partial charge in [-0.25, -0.2) is 4.98 Å². The van der Waals surface area contributed by atoms with Crippen LogP contribution in [0.4, 0.5) is 17.5 Å². The van der Waals surface area contributed by atoms with Crippen LogP contribution < -0.4 is 11.1 Å². The standard InChI is InChI=1S/C15H12N6S.2C2H4O2/c16-15-17-3-1-13(20-15)19-11-5-10-7-18-21-14(10)12(6-11)9-2-4-22-8-9;2*1-2(3)4/h1-8H,(H,18,21)(H3,16,17,19,20);2*1H3,(H,3,4). The number of carboxylic acid groups (broad SMARTS) is 2. The van der Waals surface area contributed by atoms with E-state index in [1.807, 2.05) is 12.3 Å². The van der Waals surface area contributed by atoms with E-state index in [-0.39, 0.29) is 5.95 Å². The molecule has 10 nitrogen and oxygen atoms in total. The minimum absolute atomic E-state index is 0.243. The van der Waals surface area contributed by atoms with Gasteiger partial charge in [0.25, 0.3) is 11.9 Å². The molecule has 4 rings (SSSR count). The number of nitrogen functional groups attached to an aromatic ring is 1. The van der Waals surface area contributed by atoms with Crippen molar-refractivity contribution in [2.24, 2.45) is 0 Å². The highest BCUT2D eigenvalue weighted by Gasteiger charge is 2.09. The molecule has 11 heteroatoms. The average molecular weight is 428 g/mol. The first-order valence-corrected chi connectivity index (χ1v) is 9.45. The number of aromatic nitrogens is 4. The maximum atomic E-state index is 9.00. The van der Waals surface area contributed by atoms with Crippen LogP contribution in [0.5, 0.6) is 0 Å². The van der Waals surface area contributed by atoms with Gasteiger partial charge >= 0.3 is 0 Å². The predicted octanol–water partition coefficient (Wildman–Crippen LogP) is 3.59. The third-order valence-corrected chi connectivity index (χ3v) is 4.01. The molecular weight excluding hydrogens is 408 g/mol. The van der Waals surface area contributed by atoms with E-state index < -0.39 is 11.9 Å². The van der Waals surface area contributed by atoms with Crippen molar-refractivity contribution in [3.05, 3.63) is 47.4 Å². The zero-order valence-electron chi connectivity index (χ0n) is 16.2. The fourth-order valence-electron chi connectivity index (χ4n) is 2.37. The molecule has 0 aliphatic rings. The number of nitrogens with one attached hydrogen (secondary N) is 2. The van der Waals surface area contributed by atoms with E-state index in [9.17, 15) is 0 Å². The van der Waals surface area contributed by atoms with Crippen LogP contribution in [-0.2, 0) is 9.59 Å². The van der Waals surface area contributed by atoms with Crippen molar-refractivity contribution in [2.45, 2.75) is 13.8 Å². The van der Waals surface area contributed by atoms with E-state index in [1.165, 1.54) is 0 Å². The molecule has 0 fully saturated rings. The lowest BCUT2D eigenvalue weighted by Gasteiger charge is -2.09. The molecule has 0 atom stereocenters. The summed E-state index contributed by atoms with van der Waals surface area (Å²) in [4.78, 5) is 26.1. The Morgan fingerprint density at radius 3 is 2.47 bits per heavy atom. The van der Waals surface area contributed by atoms with Gasteiger partial charge in [0.2, 0.25) is 5.95 Å². The third kappa shape index (κ3) is 6.87. The lowest BCUT2D eigenvalue weighted by molar-refractivity contribution is -0.135. The van der Waals surface area contributed by atoms with Crippen molar-refractivity contribution in [1.29, 1.82) is 0 Å². The minimum atomic E-state index is -0.833. The molecule has 0 unspecified atom stereocenters. The van der Waals surface area contributed by atoms with Gasteiger partial charge in [0, 0.05) is 36.7 Å². The van der Waals surface area contributed by atoms with Gasteiger partial charge in [-0.05, 0) is 40.6 Å². The van der Waals surface area contributed by atoms with E-state index in [4.69, 9.17) is 25.5 Å². The van der Waals surface area contributed by atoms with Crippen LogP contribution in [0.2, 0.25) is 0 Å². The van der Waals surface area contributed by atoms with Gasteiger partial charge in [0.05, 0.1) is 11.7 Å². The number of hydrogen-bond donors (Lipinski definition) is 5. The van der Waals surface area contributed by atoms with Crippen LogP contribution in [0.3, 0.4) is 0 Å². The summed E-state index contributed by atoms with van der Waals surface area (Å²) < 4.78 is 0. The first-order chi connectivity index (χ1) is 14.3.